The normalized spacial score (nSPS) is 20.3. The van der Waals surface area contributed by atoms with E-state index in [1.54, 1.807) is 19.1 Å². The molecule has 2 rings (SSSR count). The van der Waals surface area contributed by atoms with Crippen molar-refractivity contribution in [2.45, 2.75) is 26.7 Å². The molecule has 1 N–H and O–H groups in total. The van der Waals surface area contributed by atoms with E-state index >= 15 is 0 Å². The summed E-state index contributed by atoms with van der Waals surface area (Å²) in [5.74, 6) is 0.292. The highest BCUT2D eigenvalue weighted by molar-refractivity contribution is 5.92. The Morgan fingerprint density at radius 2 is 2.32 bits per heavy atom. The SMILES string of the molecule is Cc1ccc(NC(=O)CN2CCCC(C)C2)cc1F. The monoisotopic (exact) mass is 264 g/mol. The number of amides is 1. The zero-order valence-corrected chi connectivity index (χ0v) is 11.6. The van der Waals surface area contributed by atoms with Gasteiger partial charge in [0.2, 0.25) is 5.91 Å². The zero-order chi connectivity index (χ0) is 13.8. The number of anilines is 1. The molecule has 0 bridgehead atoms. The number of carbonyl (C=O) groups is 1. The largest absolute Gasteiger partial charge is 0.325 e. The summed E-state index contributed by atoms with van der Waals surface area (Å²) < 4.78 is 13.4. The number of likely N-dealkylation sites (tertiary alicyclic amines) is 1. The third-order valence-electron chi connectivity index (χ3n) is 3.56. The van der Waals surface area contributed by atoms with Crippen molar-refractivity contribution < 1.29 is 9.18 Å². The number of nitrogens with zero attached hydrogens (tertiary/aromatic N) is 1. The Hall–Kier alpha value is -1.42. The summed E-state index contributed by atoms with van der Waals surface area (Å²) in [6, 6.07) is 4.77. The van der Waals surface area contributed by atoms with E-state index in [9.17, 15) is 9.18 Å². The topological polar surface area (TPSA) is 32.3 Å². The molecule has 1 aliphatic heterocycles. The van der Waals surface area contributed by atoms with Crippen LogP contribution in [0.15, 0.2) is 18.2 Å². The van der Waals surface area contributed by atoms with Crippen LogP contribution in [0.25, 0.3) is 0 Å². The van der Waals surface area contributed by atoms with Gasteiger partial charge in [0, 0.05) is 12.2 Å². The summed E-state index contributed by atoms with van der Waals surface area (Å²) in [7, 11) is 0. The molecule has 0 radical (unpaired) electrons. The van der Waals surface area contributed by atoms with Gasteiger partial charge < -0.3 is 5.32 Å². The molecule has 1 aliphatic rings. The van der Waals surface area contributed by atoms with Gasteiger partial charge in [-0.1, -0.05) is 13.0 Å². The van der Waals surface area contributed by atoms with Crippen molar-refractivity contribution >= 4 is 11.6 Å². The number of piperidine rings is 1. The lowest BCUT2D eigenvalue weighted by atomic mass is 10.0. The van der Waals surface area contributed by atoms with Gasteiger partial charge in [-0.05, 0) is 49.9 Å². The summed E-state index contributed by atoms with van der Waals surface area (Å²) in [5.41, 5.74) is 1.11. The van der Waals surface area contributed by atoms with E-state index in [2.05, 4.69) is 17.1 Å². The fourth-order valence-electron chi connectivity index (χ4n) is 2.50. The molecule has 1 atom stereocenters. The molecule has 1 fully saturated rings. The summed E-state index contributed by atoms with van der Waals surface area (Å²) in [4.78, 5) is 14.1. The van der Waals surface area contributed by atoms with Gasteiger partial charge in [-0.15, -0.1) is 0 Å². The van der Waals surface area contributed by atoms with E-state index in [1.807, 2.05) is 0 Å². The minimum atomic E-state index is -0.288. The average molecular weight is 264 g/mol. The standard InChI is InChI=1S/C15H21FN2O/c1-11-4-3-7-18(9-11)10-15(19)17-13-6-5-12(2)14(16)8-13/h5-6,8,11H,3-4,7,9-10H2,1-2H3,(H,17,19). The predicted octanol–water partition coefficient (Wildman–Crippen LogP) is 2.80. The molecule has 0 spiro atoms. The van der Waals surface area contributed by atoms with Gasteiger partial charge in [-0.3, -0.25) is 9.69 Å². The van der Waals surface area contributed by atoms with Crippen LogP contribution in [0.4, 0.5) is 10.1 Å². The maximum absolute atomic E-state index is 13.4. The maximum Gasteiger partial charge on any atom is 0.238 e. The molecule has 0 saturated carbocycles. The van der Waals surface area contributed by atoms with Crippen molar-refractivity contribution in [2.24, 2.45) is 5.92 Å². The number of rotatable bonds is 3. The fraction of sp³-hybridized carbons (Fsp3) is 0.533. The fourth-order valence-corrected chi connectivity index (χ4v) is 2.50. The highest BCUT2D eigenvalue weighted by atomic mass is 19.1. The lowest BCUT2D eigenvalue weighted by Crippen LogP contribution is -2.39. The van der Waals surface area contributed by atoms with Crippen LogP contribution in [0, 0.1) is 18.7 Å². The lowest BCUT2D eigenvalue weighted by Gasteiger charge is -2.30. The van der Waals surface area contributed by atoms with Gasteiger partial charge in [0.05, 0.1) is 6.54 Å². The summed E-state index contributed by atoms with van der Waals surface area (Å²) >= 11 is 0. The van der Waals surface area contributed by atoms with E-state index in [0.717, 1.165) is 19.5 Å². The molecule has 1 unspecified atom stereocenters. The molecule has 1 amide bonds. The number of halogens is 1. The number of hydrogen-bond donors (Lipinski definition) is 1. The van der Waals surface area contributed by atoms with Gasteiger partial charge >= 0.3 is 0 Å². The highest BCUT2D eigenvalue weighted by Gasteiger charge is 2.18. The average Bonchev–Trinajstić information content (AvgIpc) is 2.34. The molecule has 0 aliphatic carbocycles. The minimum absolute atomic E-state index is 0.0719. The van der Waals surface area contributed by atoms with Gasteiger partial charge in [0.1, 0.15) is 5.82 Å². The van der Waals surface area contributed by atoms with Crippen LogP contribution in [0.5, 0.6) is 0 Å². The predicted molar refractivity (Wildman–Crippen MR) is 74.6 cm³/mol. The molecule has 1 aromatic carbocycles. The Morgan fingerprint density at radius 1 is 1.53 bits per heavy atom. The van der Waals surface area contributed by atoms with Crippen molar-refractivity contribution in [1.82, 2.24) is 4.90 Å². The third kappa shape index (κ3) is 4.03. The Kier molecular flexibility index (Phi) is 4.53. The Balaban J connectivity index is 1.88. The lowest BCUT2D eigenvalue weighted by molar-refractivity contribution is -0.117. The second-order valence-corrected chi connectivity index (χ2v) is 5.49. The molecule has 104 valence electrons. The van der Waals surface area contributed by atoms with Crippen LogP contribution in [0.2, 0.25) is 0 Å². The first-order valence-electron chi connectivity index (χ1n) is 6.83. The molecule has 1 saturated heterocycles. The number of benzene rings is 1. The van der Waals surface area contributed by atoms with E-state index < -0.39 is 0 Å². The van der Waals surface area contributed by atoms with E-state index in [1.165, 1.54) is 12.5 Å². The third-order valence-corrected chi connectivity index (χ3v) is 3.56. The van der Waals surface area contributed by atoms with Crippen molar-refractivity contribution in [1.29, 1.82) is 0 Å². The highest BCUT2D eigenvalue weighted by Crippen LogP contribution is 2.16. The molecule has 19 heavy (non-hydrogen) atoms. The van der Waals surface area contributed by atoms with Crippen LogP contribution < -0.4 is 5.32 Å². The molecular formula is C15H21FN2O. The zero-order valence-electron chi connectivity index (χ0n) is 11.6. The Bertz CT molecular complexity index is 461. The second kappa shape index (κ2) is 6.15. The van der Waals surface area contributed by atoms with Crippen LogP contribution in [0.3, 0.4) is 0 Å². The number of aryl methyl sites for hydroxylation is 1. The second-order valence-electron chi connectivity index (χ2n) is 5.49. The van der Waals surface area contributed by atoms with Gasteiger partial charge in [0.15, 0.2) is 0 Å². The van der Waals surface area contributed by atoms with Crippen molar-refractivity contribution in [3.05, 3.63) is 29.6 Å². The van der Waals surface area contributed by atoms with Crippen molar-refractivity contribution in [3.63, 3.8) is 0 Å². The van der Waals surface area contributed by atoms with Gasteiger partial charge in [0.25, 0.3) is 0 Å². The molecule has 0 aromatic heterocycles. The van der Waals surface area contributed by atoms with Crippen molar-refractivity contribution in [2.75, 3.05) is 25.0 Å². The van der Waals surface area contributed by atoms with Crippen LogP contribution >= 0.6 is 0 Å². The molecule has 1 heterocycles. The summed E-state index contributed by atoms with van der Waals surface area (Å²) in [5, 5.41) is 2.75. The molecule has 4 heteroatoms. The molecular weight excluding hydrogens is 243 g/mol. The first-order valence-corrected chi connectivity index (χ1v) is 6.83. The smallest absolute Gasteiger partial charge is 0.238 e. The Morgan fingerprint density at radius 3 is 3.00 bits per heavy atom. The van der Waals surface area contributed by atoms with Crippen LogP contribution in [0.1, 0.15) is 25.3 Å². The van der Waals surface area contributed by atoms with Crippen LogP contribution in [-0.4, -0.2) is 30.4 Å². The van der Waals surface area contributed by atoms with E-state index in [4.69, 9.17) is 0 Å². The number of carbonyl (C=O) groups excluding carboxylic acids is 1. The number of nitrogens with one attached hydrogen (secondary N) is 1. The van der Waals surface area contributed by atoms with E-state index in [-0.39, 0.29) is 11.7 Å². The number of hydrogen-bond acceptors (Lipinski definition) is 2. The van der Waals surface area contributed by atoms with Crippen LogP contribution in [-0.2, 0) is 4.79 Å². The maximum atomic E-state index is 13.4. The Labute approximate surface area is 113 Å². The van der Waals surface area contributed by atoms with Gasteiger partial charge in [-0.25, -0.2) is 4.39 Å². The summed E-state index contributed by atoms with van der Waals surface area (Å²) in [6.07, 6.45) is 2.38. The van der Waals surface area contributed by atoms with Crippen molar-refractivity contribution in [3.8, 4) is 0 Å². The first-order chi connectivity index (χ1) is 9.04. The van der Waals surface area contributed by atoms with E-state index in [0.29, 0.717) is 23.7 Å². The molecule has 1 aromatic rings. The molecule has 3 nitrogen and oxygen atoms in total. The quantitative estimate of drug-likeness (QED) is 0.910. The minimum Gasteiger partial charge on any atom is -0.325 e. The van der Waals surface area contributed by atoms with Gasteiger partial charge in [-0.2, -0.15) is 0 Å². The summed E-state index contributed by atoms with van der Waals surface area (Å²) in [6.45, 7) is 6.24. The first kappa shape index (κ1) is 14.0.